The highest BCUT2D eigenvalue weighted by Gasteiger charge is 2.34. The summed E-state index contributed by atoms with van der Waals surface area (Å²) in [5.74, 6) is 0.816. The van der Waals surface area contributed by atoms with Crippen LogP contribution in [0.15, 0.2) is 18.3 Å². The van der Waals surface area contributed by atoms with Gasteiger partial charge in [0, 0.05) is 18.8 Å². The molecule has 0 aromatic carbocycles. The normalized spacial score (nSPS) is 28.3. The number of rotatable bonds is 1. The van der Waals surface area contributed by atoms with Gasteiger partial charge in [0.15, 0.2) is 0 Å². The van der Waals surface area contributed by atoms with Crippen molar-refractivity contribution in [3.05, 3.63) is 34.6 Å². The standard InChI is InChI=1S/C12H13ClN2/c1-7-2-9(5-15-12(7)13)8-3-10-6-14-11(10)4-8/h2,4-5,10-11,14H,3,6H2,1H3. The summed E-state index contributed by atoms with van der Waals surface area (Å²) in [6.45, 7) is 3.16. The van der Waals surface area contributed by atoms with Crippen molar-refractivity contribution in [1.82, 2.24) is 10.3 Å². The van der Waals surface area contributed by atoms with Crippen LogP contribution in [0.3, 0.4) is 0 Å². The highest BCUT2D eigenvalue weighted by molar-refractivity contribution is 6.30. The average Bonchev–Trinajstić information content (AvgIpc) is 2.48. The van der Waals surface area contributed by atoms with E-state index in [0.29, 0.717) is 11.2 Å². The summed E-state index contributed by atoms with van der Waals surface area (Å²) in [6, 6.07) is 2.74. The van der Waals surface area contributed by atoms with E-state index in [0.717, 1.165) is 18.0 Å². The lowest BCUT2D eigenvalue weighted by molar-refractivity contribution is 0.301. The molecule has 0 amide bonds. The molecular weight excluding hydrogens is 208 g/mol. The minimum absolute atomic E-state index is 0.607. The second kappa shape index (κ2) is 3.32. The third kappa shape index (κ3) is 1.48. The maximum Gasteiger partial charge on any atom is 0.131 e. The van der Waals surface area contributed by atoms with Crippen molar-refractivity contribution >= 4 is 17.2 Å². The van der Waals surface area contributed by atoms with Crippen LogP contribution in [0.5, 0.6) is 0 Å². The first kappa shape index (κ1) is 9.37. The van der Waals surface area contributed by atoms with E-state index in [1.165, 1.54) is 17.6 Å². The van der Waals surface area contributed by atoms with Crippen molar-refractivity contribution in [3.63, 3.8) is 0 Å². The van der Waals surface area contributed by atoms with Crippen molar-refractivity contribution in [2.24, 2.45) is 5.92 Å². The van der Waals surface area contributed by atoms with E-state index in [9.17, 15) is 0 Å². The van der Waals surface area contributed by atoms with E-state index < -0.39 is 0 Å². The predicted molar refractivity (Wildman–Crippen MR) is 61.9 cm³/mol. The second-order valence-corrected chi connectivity index (χ2v) is 4.78. The summed E-state index contributed by atoms with van der Waals surface area (Å²) >= 11 is 5.91. The summed E-state index contributed by atoms with van der Waals surface area (Å²) < 4.78 is 0. The Hall–Kier alpha value is -0.860. The molecule has 15 heavy (non-hydrogen) atoms. The molecule has 3 heteroatoms. The van der Waals surface area contributed by atoms with Crippen LogP contribution in [0.2, 0.25) is 5.15 Å². The third-order valence-electron chi connectivity index (χ3n) is 3.37. The number of hydrogen-bond donors (Lipinski definition) is 1. The molecule has 1 fully saturated rings. The molecule has 1 N–H and O–H groups in total. The van der Waals surface area contributed by atoms with Gasteiger partial charge in [-0.3, -0.25) is 0 Å². The summed E-state index contributed by atoms with van der Waals surface area (Å²) in [7, 11) is 0. The largest absolute Gasteiger partial charge is 0.310 e. The summed E-state index contributed by atoms with van der Waals surface area (Å²) in [6.07, 6.45) is 5.39. The van der Waals surface area contributed by atoms with Crippen molar-refractivity contribution in [3.8, 4) is 0 Å². The van der Waals surface area contributed by atoms with Crippen LogP contribution in [-0.4, -0.2) is 17.6 Å². The molecular formula is C12H13ClN2. The van der Waals surface area contributed by atoms with Gasteiger partial charge >= 0.3 is 0 Å². The second-order valence-electron chi connectivity index (χ2n) is 4.42. The van der Waals surface area contributed by atoms with Crippen LogP contribution in [0.1, 0.15) is 17.5 Å². The zero-order valence-corrected chi connectivity index (χ0v) is 9.38. The van der Waals surface area contributed by atoms with Gasteiger partial charge in [0.25, 0.3) is 0 Å². The Kier molecular flexibility index (Phi) is 2.08. The van der Waals surface area contributed by atoms with E-state index in [4.69, 9.17) is 11.6 Å². The molecule has 2 unspecified atom stereocenters. The highest BCUT2D eigenvalue weighted by atomic mass is 35.5. The topological polar surface area (TPSA) is 24.9 Å². The Morgan fingerprint density at radius 1 is 1.53 bits per heavy atom. The lowest BCUT2D eigenvalue weighted by atomic mass is 9.93. The number of hydrogen-bond acceptors (Lipinski definition) is 2. The number of fused-ring (bicyclic) bond motifs is 1. The highest BCUT2D eigenvalue weighted by Crippen LogP contribution is 2.36. The van der Waals surface area contributed by atoms with Gasteiger partial charge < -0.3 is 5.32 Å². The Morgan fingerprint density at radius 3 is 2.93 bits per heavy atom. The molecule has 0 bridgehead atoms. The predicted octanol–water partition coefficient (Wildman–Crippen LogP) is 2.42. The number of halogens is 1. The van der Waals surface area contributed by atoms with E-state index in [1.807, 2.05) is 13.1 Å². The van der Waals surface area contributed by atoms with Gasteiger partial charge in [0.2, 0.25) is 0 Å². The van der Waals surface area contributed by atoms with Crippen LogP contribution in [-0.2, 0) is 0 Å². The first-order valence-electron chi connectivity index (χ1n) is 5.30. The summed E-state index contributed by atoms with van der Waals surface area (Å²) in [4.78, 5) is 4.20. The first-order chi connectivity index (χ1) is 7.24. The minimum atomic E-state index is 0.607. The van der Waals surface area contributed by atoms with Crippen LogP contribution in [0, 0.1) is 12.8 Å². The summed E-state index contributed by atoms with van der Waals surface area (Å²) in [5.41, 5.74) is 3.71. The minimum Gasteiger partial charge on any atom is -0.310 e. The van der Waals surface area contributed by atoms with Gasteiger partial charge in [0.1, 0.15) is 5.15 Å². The number of aryl methyl sites for hydroxylation is 1. The van der Waals surface area contributed by atoms with Crippen molar-refractivity contribution in [2.75, 3.05) is 6.54 Å². The molecule has 1 saturated heterocycles. The Morgan fingerprint density at radius 2 is 2.40 bits per heavy atom. The number of nitrogens with zero attached hydrogens (tertiary/aromatic N) is 1. The lowest BCUT2D eigenvalue weighted by Crippen LogP contribution is -2.49. The molecule has 0 spiro atoms. The quantitative estimate of drug-likeness (QED) is 0.736. The fraction of sp³-hybridized carbons (Fsp3) is 0.417. The van der Waals surface area contributed by atoms with Gasteiger partial charge in [-0.1, -0.05) is 17.7 Å². The molecule has 1 aliphatic heterocycles. The molecule has 2 heterocycles. The fourth-order valence-corrected chi connectivity index (χ4v) is 2.43. The SMILES string of the molecule is Cc1cc(C2=CC3NCC3C2)cnc1Cl. The van der Waals surface area contributed by atoms with Gasteiger partial charge in [-0.25, -0.2) is 4.98 Å². The fourth-order valence-electron chi connectivity index (χ4n) is 2.33. The molecule has 0 saturated carbocycles. The molecule has 2 aliphatic rings. The zero-order valence-electron chi connectivity index (χ0n) is 8.63. The van der Waals surface area contributed by atoms with E-state index in [2.05, 4.69) is 22.4 Å². The first-order valence-corrected chi connectivity index (χ1v) is 5.68. The number of pyridine rings is 1. The van der Waals surface area contributed by atoms with E-state index in [1.54, 1.807) is 0 Å². The molecule has 0 radical (unpaired) electrons. The maximum atomic E-state index is 5.91. The van der Waals surface area contributed by atoms with E-state index >= 15 is 0 Å². The van der Waals surface area contributed by atoms with Crippen LogP contribution in [0.4, 0.5) is 0 Å². The van der Waals surface area contributed by atoms with Crippen LogP contribution in [0.25, 0.3) is 5.57 Å². The van der Waals surface area contributed by atoms with Crippen molar-refractivity contribution in [2.45, 2.75) is 19.4 Å². The summed E-state index contributed by atoms with van der Waals surface area (Å²) in [5, 5.41) is 4.02. The molecule has 1 aromatic rings. The van der Waals surface area contributed by atoms with Crippen LogP contribution < -0.4 is 5.32 Å². The van der Waals surface area contributed by atoms with Gasteiger partial charge in [-0.2, -0.15) is 0 Å². The number of allylic oxidation sites excluding steroid dienone is 1. The average molecular weight is 221 g/mol. The number of aromatic nitrogens is 1. The Bertz CT molecular complexity index is 439. The van der Waals surface area contributed by atoms with E-state index in [-0.39, 0.29) is 0 Å². The molecule has 78 valence electrons. The van der Waals surface area contributed by atoms with Crippen molar-refractivity contribution in [1.29, 1.82) is 0 Å². The van der Waals surface area contributed by atoms with Gasteiger partial charge in [0.05, 0.1) is 0 Å². The molecule has 2 nitrogen and oxygen atoms in total. The maximum absolute atomic E-state index is 5.91. The molecule has 2 atom stereocenters. The lowest BCUT2D eigenvalue weighted by Gasteiger charge is -2.31. The molecule has 1 aromatic heterocycles. The third-order valence-corrected chi connectivity index (χ3v) is 3.77. The zero-order chi connectivity index (χ0) is 10.4. The van der Waals surface area contributed by atoms with Gasteiger partial charge in [-0.15, -0.1) is 0 Å². The number of nitrogens with one attached hydrogen (secondary N) is 1. The van der Waals surface area contributed by atoms with Crippen LogP contribution >= 0.6 is 11.6 Å². The van der Waals surface area contributed by atoms with Gasteiger partial charge in [-0.05, 0) is 42.0 Å². The van der Waals surface area contributed by atoms with Crippen molar-refractivity contribution < 1.29 is 0 Å². The Balaban J connectivity index is 1.93. The Labute approximate surface area is 94.4 Å². The smallest absolute Gasteiger partial charge is 0.131 e. The molecule has 1 aliphatic carbocycles. The molecule has 3 rings (SSSR count). The monoisotopic (exact) mass is 220 g/mol.